The second kappa shape index (κ2) is 12.1. The van der Waals surface area contributed by atoms with Gasteiger partial charge in [0, 0.05) is 26.0 Å². The summed E-state index contributed by atoms with van der Waals surface area (Å²) < 4.78 is 21.2. The average Bonchev–Trinajstić information content (AvgIpc) is 3.24. The van der Waals surface area contributed by atoms with Crippen LogP contribution < -0.4 is 5.32 Å². The van der Waals surface area contributed by atoms with Crippen LogP contribution in [0.25, 0.3) is 0 Å². The quantitative estimate of drug-likeness (QED) is 0.430. The van der Waals surface area contributed by atoms with E-state index >= 15 is 0 Å². The van der Waals surface area contributed by atoms with Crippen LogP contribution >= 0.6 is 0 Å². The van der Waals surface area contributed by atoms with Gasteiger partial charge in [0.2, 0.25) is 0 Å². The van der Waals surface area contributed by atoms with Gasteiger partial charge in [-0.05, 0) is 37.5 Å². The molecule has 6 heteroatoms. The van der Waals surface area contributed by atoms with Gasteiger partial charge in [-0.1, -0.05) is 0 Å². The fourth-order valence-corrected chi connectivity index (χ4v) is 3.31. The van der Waals surface area contributed by atoms with E-state index in [9.17, 15) is 4.79 Å². The number of alkyl carbamates (subject to hydrolysis) is 1. The zero-order valence-corrected chi connectivity index (χ0v) is 15.3. The number of carbonyl (C=O) groups is 1. The van der Waals surface area contributed by atoms with Crippen LogP contribution in [0, 0.1) is 29.6 Å². The Morgan fingerprint density at radius 1 is 0.960 bits per heavy atom. The largest absolute Gasteiger partial charge is 0.449 e. The number of hydrogen-bond acceptors (Lipinski definition) is 5. The van der Waals surface area contributed by atoms with E-state index in [0.29, 0.717) is 70.5 Å². The van der Waals surface area contributed by atoms with Crippen LogP contribution in [-0.2, 0) is 18.9 Å². The molecule has 0 aromatic carbocycles. The molecule has 0 bridgehead atoms. The Morgan fingerprint density at radius 3 is 2.20 bits per heavy atom. The van der Waals surface area contributed by atoms with E-state index in [1.165, 1.54) is 0 Å². The molecule has 6 nitrogen and oxygen atoms in total. The van der Waals surface area contributed by atoms with Gasteiger partial charge in [-0.25, -0.2) is 4.79 Å². The third-order valence-electron chi connectivity index (χ3n) is 4.71. The molecule has 1 fully saturated rings. The summed E-state index contributed by atoms with van der Waals surface area (Å²) >= 11 is 0. The van der Waals surface area contributed by atoms with Gasteiger partial charge in [-0.15, -0.1) is 11.8 Å². The van der Waals surface area contributed by atoms with Crippen molar-refractivity contribution in [2.75, 3.05) is 52.8 Å². The Kier molecular flexibility index (Phi) is 9.71. The number of nitrogens with one attached hydrogen (secondary N) is 1. The molecule has 142 valence electrons. The van der Waals surface area contributed by atoms with E-state index in [-0.39, 0.29) is 6.09 Å². The summed E-state index contributed by atoms with van der Waals surface area (Å²) in [6.45, 7) is 6.32. The minimum Gasteiger partial charge on any atom is -0.449 e. The van der Waals surface area contributed by atoms with E-state index in [0.717, 1.165) is 25.7 Å². The Labute approximate surface area is 150 Å². The van der Waals surface area contributed by atoms with Crippen molar-refractivity contribution in [1.82, 2.24) is 5.32 Å². The molecule has 2 unspecified atom stereocenters. The standard InChI is InChI=1S/C19H31NO5/c1-2-22-11-12-24-14-13-23-10-9-20-19(21)25-15-18-16-7-5-3-4-6-8-17(16)18/h16-18H,2,5-15H2,1H3,(H,20,21). The predicted molar refractivity (Wildman–Crippen MR) is 94.2 cm³/mol. The van der Waals surface area contributed by atoms with Crippen LogP contribution in [0.1, 0.15) is 32.6 Å². The maximum atomic E-state index is 11.7. The number of fused-ring (bicyclic) bond motifs is 1. The summed E-state index contributed by atoms with van der Waals surface area (Å²) in [5, 5.41) is 2.72. The summed E-state index contributed by atoms with van der Waals surface area (Å²) in [5.41, 5.74) is 0. The molecule has 0 aromatic rings. The van der Waals surface area contributed by atoms with Gasteiger partial charge >= 0.3 is 6.09 Å². The molecular formula is C19H31NO5. The van der Waals surface area contributed by atoms with Crippen LogP contribution in [-0.4, -0.2) is 58.9 Å². The third-order valence-corrected chi connectivity index (χ3v) is 4.71. The first-order valence-electron chi connectivity index (χ1n) is 9.42. The lowest BCUT2D eigenvalue weighted by Crippen LogP contribution is -2.29. The van der Waals surface area contributed by atoms with Crippen LogP contribution in [0.3, 0.4) is 0 Å². The highest BCUT2D eigenvalue weighted by Gasteiger charge is 2.49. The van der Waals surface area contributed by atoms with Gasteiger partial charge in [-0.2, -0.15) is 0 Å². The molecule has 2 aliphatic rings. The number of rotatable bonds is 12. The molecule has 0 aliphatic heterocycles. The summed E-state index contributed by atoms with van der Waals surface area (Å²) in [6, 6.07) is 0. The third kappa shape index (κ3) is 8.08. The second-order valence-electron chi connectivity index (χ2n) is 6.37. The molecule has 1 amide bonds. The number of hydrogen-bond donors (Lipinski definition) is 1. The SMILES string of the molecule is CCOCCOCCOCCNC(=O)OCC1C2CCC#CCCC21. The van der Waals surface area contributed by atoms with Crippen LogP contribution in [0.15, 0.2) is 0 Å². The zero-order chi connectivity index (χ0) is 17.7. The van der Waals surface area contributed by atoms with Crippen LogP contribution in [0.2, 0.25) is 0 Å². The molecule has 0 aromatic heterocycles. The summed E-state index contributed by atoms with van der Waals surface area (Å²) in [5.74, 6) is 8.31. The van der Waals surface area contributed by atoms with Crippen molar-refractivity contribution in [2.45, 2.75) is 32.6 Å². The first-order valence-corrected chi connectivity index (χ1v) is 9.42. The minimum atomic E-state index is -0.355. The van der Waals surface area contributed by atoms with Gasteiger partial charge in [-0.3, -0.25) is 0 Å². The van der Waals surface area contributed by atoms with Gasteiger partial charge in [0.15, 0.2) is 0 Å². The summed E-state index contributed by atoms with van der Waals surface area (Å²) in [4.78, 5) is 11.7. The van der Waals surface area contributed by atoms with E-state index in [1.807, 2.05) is 6.92 Å². The van der Waals surface area contributed by atoms with Crippen LogP contribution in [0.5, 0.6) is 0 Å². The molecule has 0 heterocycles. The molecule has 1 saturated carbocycles. The fraction of sp³-hybridized carbons (Fsp3) is 0.842. The number of ether oxygens (including phenoxy) is 4. The molecule has 0 spiro atoms. The Bertz CT molecular complexity index is 427. The molecule has 25 heavy (non-hydrogen) atoms. The summed E-state index contributed by atoms with van der Waals surface area (Å²) in [7, 11) is 0. The lowest BCUT2D eigenvalue weighted by molar-refractivity contribution is 0.0174. The van der Waals surface area contributed by atoms with Gasteiger partial charge in [0.05, 0.1) is 39.6 Å². The monoisotopic (exact) mass is 353 g/mol. The Balaban J connectivity index is 1.38. The maximum Gasteiger partial charge on any atom is 0.407 e. The fourth-order valence-electron chi connectivity index (χ4n) is 3.31. The first kappa shape index (κ1) is 20.0. The number of carbonyl (C=O) groups excluding carboxylic acids is 1. The van der Waals surface area contributed by atoms with E-state index in [4.69, 9.17) is 18.9 Å². The molecule has 2 atom stereocenters. The summed E-state index contributed by atoms with van der Waals surface area (Å²) in [6.07, 6.45) is 3.90. The van der Waals surface area contributed by atoms with E-state index in [2.05, 4.69) is 17.2 Å². The topological polar surface area (TPSA) is 66.0 Å². The predicted octanol–water partition coefficient (Wildman–Crippen LogP) is 2.22. The van der Waals surface area contributed by atoms with Crippen molar-refractivity contribution in [3.8, 4) is 11.8 Å². The molecule has 2 rings (SSSR count). The van der Waals surface area contributed by atoms with Crippen LogP contribution in [0.4, 0.5) is 4.79 Å². The molecule has 2 aliphatic carbocycles. The highest BCUT2D eigenvalue weighted by molar-refractivity contribution is 5.67. The number of amides is 1. The van der Waals surface area contributed by atoms with Crippen molar-refractivity contribution in [2.24, 2.45) is 17.8 Å². The minimum absolute atomic E-state index is 0.355. The lowest BCUT2D eigenvalue weighted by Gasteiger charge is -2.08. The molecule has 0 radical (unpaired) electrons. The highest BCUT2D eigenvalue weighted by atomic mass is 16.6. The Hall–Kier alpha value is -1.29. The first-order chi connectivity index (χ1) is 12.3. The molecule has 0 saturated heterocycles. The molecule has 1 N–H and O–H groups in total. The smallest absolute Gasteiger partial charge is 0.407 e. The van der Waals surface area contributed by atoms with Gasteiger partial charge in [0.25, 0.3) is 0 Å². The lowest BCUT2D eigenvalue weighted by atomic mass is 10.1. The molecular weight excluding hydrogens is 322 g/mol. The van der Waals surface area contributed by atoms with Gasteiger partial charge < -0.3 is 24.3 Å². The van der Waals surface area contributed by atoms with Crippen molar-refractivity contribution >= 4 is 6.09 Å². The van der Waals surface area contributed by atoms with Crippen molar-refractivity contribution in [3.63, 3.8) is 0 Å². The maximum absolute atomic E-state index is 11.7. The highest BCUT2D eigenvalue weighted by Crippen LogP contribution is 2.52. The van der Waals surface area contributed by atoms with Crippen molar-refractivity contribution < 1.29 is 23.7 Å². The normalized spacial score (nSPS) is 24.3. The average molecular weight is 353 g/mol. The van der Waals surface area contributed by atoms with Gasteiger partial charge in [0.1, 0.15) is 0 Å². The Morgan fingerprint density at radius 2 is 1.56 bits per heavy atom. The zero-order valence-electron chi connectivity index (χ0n) is 15.3. The second-order valence-corrected chi connectivity index (χ2v) is 6.37. The van der Waals surface area contributed by atoms with E-state index in [1.54, 1.807) is 0 Å². The van der Waals surface area contributed by atoms with Crippen molar-refractivity contribution in [3.05, 3.63) is 0 Å². The van der Waals surface area contributed by atoms with E-state index < -0.39 is 0 Å². The van der Waals surface area contributed by atoms with Crippen molar-refractivity contribution in [1.29, 1.82) is 0 Å².